The van der Waals surface area contributed by atoms with Crippen LogP contribution < -0.4 is 86.3 Å². The Morgan fingerprint density at radius 1 is 0.525 bits per heavy atom. The molecule has 0 bridgehead atoms. The molecule has 0 unspecified atom stereocenters. The lowest BCUT2D eigenvalue weighted by Gasteiger charge is -2.31. The number of primary amides is 2. The fourth-order valence-electron chi connectivity index (χ4n) is 13.0. The van der Waals surface area contributed by atoms with Crippen LogP contribution in [-0.2, 0) is 94.4 Å². The number of imide groups is 1. The monoisotopic (exact) mass is 1650 g/mol. The van der Waals surface area contributed by atoms with Gasteiger partial charge in [0.1, 0.15) is 60.4 Å². The molecular weight excluding hydrogens is 1540 g/mol. The number of halogens is 1. The normalized spacial score (nSPS) is 15.0. The molecule has 35 nitrogen and oxygen atoms in total. The number of carbonyl (C=O) groups is 15. The molecule has 0 radical (unpaired) electrons. The molecule has 118 heavy (non-hydrogen) atoms. The maximum absolute atomic E-state index is 15.4. The third kappa shape index (κ3) is 30.3. The number of rotatable bonds is 43. The minimum atomic E-state index is -1.94. The molecule has 21 N–H and O–H groups in total. The van der Waals surface area contributed by atoms with Gasteiger partial charge < -0.3 is 96.1 Å². The smallest absolute Gasteiger partial charge is 0.325 e. The highest BCUT2D eigenvalue weighted by molar-refractivity contribution is 6.30. The number of nitrogens with one attached hydrogen (secondary N) is 13. The van der Waals surface area contributed by atoms with Gasteiger partial charge in [0.15, 0.2) is 0 Å². The number of likely N-dealkylation sites (tertiary alicyclic amines) is 1. The number of aliphatic hydroxyl groups is 1. The summed E-state index contributed by atoms with van der Waals surface area (Å²) < 4.78 is 0. The zero-order valence-corrected chi connectivity index (χ0v) is 67.2. The van der Waals surface area contributed by atoms with Crippen LogP contribution in [0, 0.1) is 5.92 Å². The molecule has 1 aliphatic heterocycles. The van der Waals surface area contributed by atoms with Gasteiger partial charge in [-0.25, -0.2) is 9.59 Å². The first-order valence-corrected chi connectivity index (χ1v) is 39.1. The SMILES string of the molecule is CC(=O)N[C@H](Cc1ccc2ccccc2c1)C(=O)N[C@H](Cc1ccc(Cl)cc1)C(=O)N[C@H](Cc1cccnc1)C(=O)N[C@@H](CO)C(=O)N[C@@H](Cc1ccc(NC(=O)NC(=O)[C@H](N)CC(N)=O)cc1)C(=O)N[C@H](Cc1ccc(NC(N)=O)cc1)C(=O)N[C@@H](CC(C)C)C(=O)N[C@@H](CCCCNC(C)C)C(=O)N1CCC[C@H]1C(=O)N[C@H](C)C(=O)O. The van der Waals surface area contributed by atoms with E-state index < -0.39 is 175 Å². The van der Waals surface area contributed by atoms with Crippen molar-refractivity contribution in [3.63, 3.8) is 0 Å². The number of nitrogens with two attached hydrogens (primary N) is 3. The molecule has 1 aliphatic rings. The van der Waals surface area contributed by atoms with Gasteiger partial charge in [0, 0.05) is 80.4 Å². The van der Waals surface area contributed by atoms with Gasteiger partial charge in [0.05, 0.1) is 19.1 Å². The average molecular weight is 1650 g/mol. The number of aliphatic hydroxyl groups excluding tert-OH is 1. The second-order valence-corrected chi connectivity index (χ2v) is 30.1. The molecule has 0 spiro atoms. The number of nitrogens with zero attached hydrogens (tertiary/aromatic N) is 2. The third-order valence-electron chi connectivity index (χ3n) is 19.1. The number of hydrogen-bond acceptors (Lipinski definition) is 19. The van der Waals surface area contributed by atoms with Crippen LogP contribution in [0.2, 0.25) is 5.02 Å². The van der Waals surface area contributed by atoms with E-state index in [0.717, 1.165) is 10.8 Å². The number of urea groups is 2. The lowest BCUT2D eigenvalue weighted by Crippen LogP contribution is -2.62. The van der Waals surface area contributed by atoms with E-state index in [1.165, 1.54) is 79.7 Å². The summed E-state index contributed by atoms with van der Waals surface area (Å²) in [6.07, 6.45) is 2.56. The number of carbonyl (C=O) groups excluding carboxylic acids is 14. The fraction of sp³-hybridized carbons (Fsp3) is 0.415. The van der Waals surface area contributed by atoms with Gasteiger partial charge in [-0.3, -0.25) is 72.6 Å². The number of anilines is 2. The minimum Gasteiger partial charge on any atom is -0.480 e. The molecule has 16 amide bonds. The van der Waals surface area contributed by atoms with Crippen molar-refractivity contribution in [1.82, 2.24) is 68.4 Å². The summed E-state index contributed by atoms with van der Waals surface area (Å²) in [6.45, 7) is 9.48. The van der Waals surface area contributed by atoms with Crippen molar-refractivity contribution in [3.8, 4) is 0 Å². The average Bonchev–Trinajstić information content (AvgIpc) is 1.74. The van der Waals surface area contributed by atoms with E-state index in [0.29, 0.717) is 53.1 Å². The number of hydrogen-bond donors (Lipinski definition) is 18. The summed E-state index contributed by atoms with van der Waals surface area (Å²) in [6, 6.07) is 16.0. The second kappa shape index (κ2) is 45.7. The highest BCUT2D eigenvalue weighted by Gasteiger charge is 2.41. The van der Waals surface area contributed by atoms with Crippen molar-refractivity contribution in [2.24, 2.45) is 23.1 Å². The van der Waals surface area contributed by atoms with Crippen LogP contribution >= 0.6 is 11.6 Å². The maximum Gasteiger partial charge on any atom is 0.325 e. The van der Waals surface area contributed by atoms with E-state index in [9.17, 15) is 72.5 Å². The molecular formula is C82H105ClN18O17. The Morgan fingerprint density at radius 2 is 1.00 bits per heavy atom. The number of amides is 16. The first kappa shape index (κ1) is 92.7. The van der Waals surface area contributed by atoms with Crippen LogP contribution in [0.15, 0.2) is 140 Å². The van der Waals surface area contributed by atoms with Crippen LogP contribution in [-0.4, -0.2) is 201 Å². The predicted molar refractivity (Wildman–Crippen MR) is 438 cm³/mol. The van der Waals surface area contributed by atoms with E-state index in [2.05, 4.69) is 68.8 Å². The van der Waals surface area contributed by atoms with Gasteiger partial charge in [-0.1, -0.05) is 124 Å². The number of unbranched alkanes of at least 4 members (excludes halogenated alkanes) is 1. The van der Waals surface area contributed by atoms with E-state index in [1.807, 2.05) is 55.6 Å². The number of carboxylic acid groups (broad SMARTS) is 1. The molecule has 1 aromatic heterocycles. The topological polar surface area (TPSA) is 547 Å². The number of benzene rings is 5. The van der Waals surface area contributed by atoms with Crippen molar-refractivity contribution < 1.29 is 82.1 Å². The fourth-order valence-corrected chi connectivity index (χ4v) is 13.2. The van der Waals surface area contributed by atoms with E-state index in [1.54, 1.807) is 56.3 Å². The maximum atomic E-state index is 15.4. The van der Waals surface area contributed by atoms with E-state index in [-0.39, 0.29) is 80.4 Å². The summed E-state index contributed by atoms with van der Waals surface area (Å²) in [7, 11) is 0. The summed E-state index contributed by atoms with van der Waals surface area (Å²) in [4.78, 5) is 212. The third-order valence-corrected chi connectivity index (χ3v) is 19.4. The second-order valence-electron chi connectivity index (χ2n) is 29.6. The quantitative estimate of drug-likeness (QED) is 0.0241. The minimum absolute atomic E-state index is 0.00352. The van der Waals surface area contributed by atoms with Crippen LogP contribution in [0.4, 0.5) is 21.0 Å². The largest absolute Gasteiger partial charge is 0.480 e. The zero-order chi connectivity index (χ0) is 86.3. The highest BCUT2D eigenvalue weighted by atomic mass is 35.5. The van der Waals surface area contributed by atoms with Gasteiger partial charge in [-0.2, -0.15) is 0 Å². The molecule has 6 aromatic rings. The Bertz CT molecular complexity index is 4520. The summed E-state index contributed by atoms with van der Waals surface area (Å²) in [5.41, 5.74) is 18.8. The molecule has 2 heterocycles. The molecule has 11 atom stereocenters. The van der Waals surface area contributed by atoms with Gasteiger partial charge in [-0.15, -0.1) is 0 Å². The van der Waals surface area contributed by atoms with Gasteiger partial charge in [-0.05, 0) is 139 Å². The standard InChI is InChI=1S/C82H105ClN18O17/c1-45(2)35-61(71(106)93-60(16-9-10-33-88-46(3)4)79(114)101-34-12-17-68(101)78(113)89-47(5)80(115)116)94-73(108)64(38-50-21-28-57(29-22-50)91-81(86)117)96-75(110)65(39-51-23-30-58(31-24-51)92-82(118)100-70(105)59(84)42-69(85)104)98-77(112)67(44-102)99-76(111)66(41-53-13-11-32-87-43-53)97-74(109)63(37-49-19-26-56(83)27-20-49)95-72(107)62(90-48(6)103)40-52-18-25-54-14-7-8-15-55(54)36-52/h7-8,11,13-15,18-32,36,43,45-47,59-68,88,102H,9-10,12,16-17,33-35,37-42,44,84H2,1-6H3,(H2,85,104)(H,89,113)(H,90,103)(H,93,106)(H,94,108)(H,95,107)(H,96,110)(H,97,109)(H,98,112)(H,99,111)(H,115,116)(H3,86,91,117)(H2,92,100,105,118)/t47-,59-,60+,61+,62-,63-,64-,65+,66-,67+,68+/m1/s1. The Morgan fingerprint density at radius 3 is 1.50 bits per heavy atom. The van der Waals surface area contributed by atoms with Crippen molar-refractivity contribution >= 4 is 123 Å². The highest BCUT2D eigenvalue weighted by Crippen LogP contribution is 2.23. The summed E-state index contributed by atoms with van der Waals surface area (Å²) in [5.74, 6) is -12.3. The molecule has 7 rings (SSSR count). The molecule has 1 saturated heterocycles. The number of fused-ring (bicyclic) bond motifs is 1. The number of carboxylic acids is 1. The van der Waals surface area contributed by atoms with Gasteiger partial charge in [0.2, 0.25) is 70.9 Å². The lowest BCUT2D eigenvalue weighted by atomic mass is 9.99. The Balaban J connectivity index is 1.21. The first-order valence-electron chi connectivity index (χ1n) is 38.7. The molecule has 1 fully saturated rings. The summed E-state index contributed by atoms with van der Waals surface area (Å²) >= 11 is 6.26. The van der Waals surface area contributed by atoms with Crippen molar-refractivity contribution in [2.75, 3.05) is 30.3 Å². The van der Waals surface area contributed by atoms with Crippen molar-refractivity contribution in [1.29, 1.82) is 0 Å². The molecule has 632 valence electrons. The first-order chi connectivity index (χ1) is 56.1. The van der Waals surface area contributed by atoms with Crippen molar-refractivity contribution in [2.45, 2.75) is 191 Å². The molecule has 0 saturated carbocycles. The van der Waals surface area contributed by atoms with Crippen molar-refractivity contribution in [3.05, 3.63) is 173 Å². The predicted octanol–water partition coefficient (Wildman–Crippen LogP) is 1.43. The van der Waals surface area contributed by atoms with E-state index >= 15 is 9.59 Å². The number of pyridine rings is 1. The van der Waals surface area contributed by atoms with Crippen LogP contribution in [0.25, 0.3) is 10.8 Å². The Labute approximate surface area is 687 Å². The van der Waals surface area contributed by atoms with Crippen LogP contribution in [0.1, 0.15) is 114 Å². The number of aromatic nitrogens is 1. The molecule has 0 aliphatic carbocycles. The van der Waals surface area contributed by atoms with Gasteiger partial charge in [0.25, 0.3) is 0 Å². The number of aliphatic carboxylic acids is 1. The van der Waals surface area contributed by atoms with E-state index in [4.69, 9.17) is 28.8 Å². The summed E-state index contributed by atoms with van der Waals surface area (Å²) in [5, 5.41) is 57.0. The Hall–Kier alpha value is -12.5. The molecule has 36 heteroatoms. The molecule has 5 aromatic carbocycles. The Kier molecular flexibility index (Phi) is 35.9. The zero-order valence-electron chi connectivity index (χ0n) is 66.4. The lowest BCUT2D eigenvalue weighted by molar-refractivity contribution is -0.144. The van der Waals surface area contributed by atoms with Crippen LogP contribution in [0.5, 0.6) is 0 Å². The van der Waals surface area contributed by atoms with Crippen LogP contribution in [0.3, 0.4) is 0 Å². The van der Waals surface area contributed by atoms with Gasteiger partial charge >= 0.3 is 18.0 Å².